The fourth-order valence-electron chi connectivity index (χ4n) is 3.29. The number of hydrogen-bond donors (Lipinski definition) is 1. The molecule has 1 aliphatic carbocycles. The number of fused-ring (bicyclic) bond motifs is 1. The van der Waals surface area contributed by atoms with Crippen molar-refractivity contribution in [3.05, 3.63) is 52.8 Å². The van der Waals surface area contributed by atoms with Gasteiger partial charge in [0.1, 0.15) is 0 Å². The van der Waals surface area contributed by atoms with Crippen molar-refractivity contribution in [1.82, 2.24) is 9.78 Å². The van der Waals surface area contributed by atoms with Gasteiger partial charge < -0.3 is 5.73 Å². The summed E-state index contributed by atoms with van der Waals surface area (Å²) in [5, 5.41) is 4.54. The number of aryl methyl sites for hydroxylation is 3. The summed E-state index contributed by atoms with van der Waals surface area (Å²) >= 11 is 0. The summed E-state index contributed by atoms with van der Waals surface area (Å²) < 4.78 is 2.02. The predicted molar refractivity (Wildman–Crippen MR) is 81.5 cm³/mol. The molecule has 2 atom stereocenters. The first-order chi connectivity index (χ1) is 9.69. The van der Waals surface area contributed by atoms with E-state index in [1.54, 1.807) is 0 Å². The number of hydrogen-bond acceptors (Lipinski definition) is 2. The molecular formula is C17H23N3. The zero-order valence-corrected chi connectivity index (χ0v) is 12.3. The molecule has 0 amide bonds. The minimum absolute atomic E-state index is 0.153. The largest absolute Gasteiger partial charge is 0.324 e. The number of aromatic nitrogens is 2. The van der Waals surface area contributed by atoms with Crippen molar-refractivity contribution in [3.63, 3.8) is 0 Å². The summed E-state index contributed by atoms with van der Waals surface area (Å²) in [4.78, 5) is 0. The van der Waals surface area contributed by atoms with Crippen molar-refractivity contribution in [3.8, 4) is 0 Å². The molecule has 0 saturated carbocycles. The van der Waals surface area contributed by atoms with Gasteiger partial charge in [0.15, 0.2) is 0 Å². The van der Waals surface area contributed by atoms with Crippen LogP contribution in [0.1, 0.15) is 41.9 Å². The molecule has 0 spiro atoms. The van der Waals surface area contributed by atoms with Gasteiger partial charge in [0.25, 0.3) is 0 Å². The Kier molecular flexibility index (Phi) is 3.62. The van der Waals surface area contributed by atoms with Crippen molar-refractivity contribution in [2.45, 2.75) is 38.6 Å². The maximum atomic E-state index is 6.50. The van der Waals surface area contributed by atoms with Crippen molar-refractivity contribution in [2.75, 3.05) is 0 Å². The smallest absolute Gasteiger partial charge is 0.0624 e. The van der Waals surface area contributed by atoms with Gasteiger partial charge in [-0.3, -0.25) is 4.68 Å². The van der Waals surface area contributed by atoms with Gasteiger partial charge in [0.05, 0.1) is 5.69 Å². The molecule has 0 fully saturated rings. The lowest BCUT2D eigenvalue weighted by Gasteiger charge is -2.31. The van der Waals surface area contributed by atoms with E-state index in [0.29, 0.717) is 5.92 Å². The zero-order valence-electron chi connectivity index (χ0n) is 12.3. The second-order valence-corrected chi connectivity index (χ2v) is 5.83. The summed E-state index contributed by atoms with van der Waals surface area (Å²) in [6.45, 7) is 2.15. The fourth-order valence-corrected chi connectivity index (χ4v) is 3.29. The van der Waals surface area contributed by atoms with Gasteiger partial charge in [-0.1, -0.05) is 31.2 Å². The molecule has 2 N–H and O–H groups in total. The lowest BCUT2D eigenvalue weighted by molar-refractivity contribution is 0.368. The highest BCUT2D eigenvalue weighted by Crippen LogP contribution is 2.34. The van der Waals surface area contributed by atoms with Gasteiger partial charge in [-0.05, 0) is 48.8 Å². The average Bonchev–Trinajstić information content (AvgIpc) is 2.83. The second-order valence-electron chi connectivity index (χ2n) is 5.83. The quantitative estimate of drug-likeness (QED) is 0.931. The molecule has 3 heteroatoms. The van der Waals surface area contributed by atoms with Crippen LogP contribution in [-0.2, 0) is 26.3 Å². The first-order valence-corrected chi connectivity index (χ1v) is 7.54. The highest BCUT2D eigenvalue weighted by Gasteiger charge is 2.27. The SMILES string of the molecule is CCc1cc(CC2CCc3ccccc3C2N)n(C)n1. The summed E-state index contributed by atoms with van der Waals surface area (Å²) in [6.07, 6.45) is 4.34. The van der Waals surface area contributed by atoms with Crippen LogP contribution in [0.4, 0.5) is 0 Å². The van der Waals surface area contributed by atoms with Gasteiger partial charge in [0, 0.05) is 18.8 Å². The van der Waals surface area contributed by atoms with Gasteiger partial charge in [-0.2, -0.15) is 5.10 Å². The molecule has 1 aromatic heterocycles. The van der Waals surface area contributed by atoms with Crippen LogP contribution in [0.2, 0.25) is 0 Å². The van der Waals surface area contributed by atoms with Crippen LogP contribution >= 0.6 is 0 Å². The van der Waals surface area contributed by atoms with E-state index in [1.165, 1.54) is 28.9 Å². The molecule has 106 valence electrons. The molecule has 2 unspecified atom stereocenters. The highest BCUT2D eigenvalue weighted by atomic mass is 15.3. The summed E-state index contributed by atoms with van der Waals surface area (Å²) in [6, 6.07) is 11.0. The molecule has 1 aromatic carbocycles. The molecule has 20 heavy (non-hydrogen) atoms. The zero-order chi connectivity index (χ0) is 14.1. The van der Waals surface area contributed by atoms with E-state index in [1.807, 2.05) is 11.7 Å². The first-order valence-electron chi connectivity index (χ1n) is 7.54. The van der Waals surface area contributed by atoms with Crippen LogP contribution in [0.5, 0.6) is 0 Å². The number of nitrogens with zero attached hydrogens (tertiary/aromatic N) is 2. The Morgan fingerprint density at radius 1 is 1.35 bits per heavy atom. The van der Waals surface area contributed by atoms with Crippen LogP contribution in [0.25, 0.3) is 0 Å². The van der Waals surface area contributed by atoms with Crippen molar-refractivity contribution >= 4 is 0 Å². The van der Waals surface area contributed by atoms with E-state index >= 15 is 0 Å². The van der Waals surface area contributed by atoms with Crippen molar-refractivity contribution < 1.29 is 0 Å². The van der Waals surface area contributed by atoms with E-state index in [4.69, 9.17) is 5.73 Å². The molecule has 2 aromatic rings. The molecule has 1 heterocycles. The Bertz CT molecular complexity index is 600. The maximum Gasteiger partial charge on any atom is 0.0624 e. The Morgan fingerprint density at radius 2 is 2.15 bits per heavy atom. The van der Waals surface area contributed by atoms with Crippen LogP contribution in [-0.4, -0.2) is 9.78 Å². The van der Waals surface area contributed by atoms with Crippen molar-refractivity contribution in [1.29, 1.82) is 0 Å². The first kappa shape index (κ1) is 13.4. The number of nitrogens with two attached hydrogens (primary N) is 1. The normalized spacial score (nSPS) is 21.8. The third kappa shape index (κ3) is 2.38. The third-order valence-electron chi connectivity index (χ3n) is 4.57. The lowest BCUT2D eigenvalue weighted by atomic mass is 9.78. The molecule has 0 radical (unpaired) electrons. The minimum Gasteiger partial charge on any atom is -0.324 e. The molecule has 3 nitrogen and oxygen atoms in total. The Balaban J connectivity index is 1.80. The molecule has 0 bridgehead atoms. The Hall–Kier alpha value is -1.61. The average molecular weight is 269 g/mol. The Labute approximate surface area is 120 Å². The van der Waals surface area contributed by atoms with Gasteiger partial charge in [-0.15, -0.1) is 0 Å². The van der Waals surface area contributed by atoms with E-state index < -0.39 is 0 Å². The van der Waals surface area contributed by atoms with Gasteiger partial charge >= 0.3 is 0 Å². The summed E-state index contributed by atoms with van der Waals surface area (Å²) in [5.41, 5.74) is 11.7. The van der Waals surface area contributed by atoms with Crippen molar-refractivity contribution in [2.24, 2.45) is 18.7 Å². The van der Waals surface area contributed by atoms with Crippen LogP contribution in [0.3, 0.4) is 0 Å². The highest BCUT2D eigenvalue weighted by molar-refractivity contribution is 5.33. The third-order valence-corrected chi connectivity index (χ3v) is 4.57. The monoisotopic (exact) mass is 269 g/mol. The molecule has 3 rings (SSSR count). The van der Waals surface area contributed by atoms with Gasteiger partial charge in [0.2, 0.25) is 0 Å². The van der Waals surface area contributed by atoms with E-state index in [-0.39, 0.29) is 6.04 Å². The summed E-state index contributed by atoms with van der Waals surface area (Å²) in [7, 11) is 2.04. The molecule has 0 aliphatic heterocycles. The van der Waals surface area contributed by atoms with E-state index in [0.717, 1.165) is 19.3 Å². The lowest BCUT2D eigenvalue weighted by Crippen LogP contribution is -2.29. The van der Waals surface area contributed by atoms with E-state index in [9.17, 15) is 0 Å². The molecule has 0 saturated heterocycles. The van der Waals surface area contributed by atoms with Crippen LogP contribution in [0.15, 0.2) is 30.3 Å². The molecule has 1 aliphatic rings. The Morgan fingerprint density at radius 3 is 2.90 bits per heavy atom. The number of rotatable bonds is 3. The van der Waals surface area contributed by atoms with Crippen LogP contribution in [0, 0.1) is 5.92 Å². The number of benzene rings is 1. The van der Waals surface area contributed by atoms with Crippen LogP contribution < -0.4 is 5.73 Å². The second kappa shape index (κ2) is 5.41. The summed E-state index contributed by atoms with van der Waals surface area (Å²) in [5.74, 6) is 0.519. The standard InChI is InChI=1S/C17H23N3/c1-3-14-11-15(20(2)19-14)10-13-9-8-12-6-4-5-7-16(12)17(13)18/h4-7,11,13,17H,3,8-10,18H2,1-2H3. The maximum absolute atomic E-state index is 6.50. The predicted octanol–water partition coefficient (Wildman–Crippen LogP) is 2.79. The van der Waals surface area contributed by atoms with E-state index in [2.05, 4.69) is 42.4 Å². The van der Waals surface area contributed by atoms with Gasteiger partial charge in [-0.25, -0.2) is 0 Å². The topological polar surface area (TPSA) is 43.8 Å². The fraction of sp³-hybridized carbons (Fsp3) is 0.471. The molecular weight excluding hydrogens is 246 g/mol. The minimum atomic E-state index is 0.153.